The minimum absolute atomic E-state index is 0.169. The van der Waals surface area contributed by atoms with Crippen LogP contribution >= 0.6 is 15.9 Å². The molecule has 8 heteroatoms. The summed E-state index contributed by atoms with van der Waals surface area (Å²) in [5.74, 6) is -0.586. The van der Waals surface area contributed by atoms with Crippen molar-refractivity contribution < 1.29 is 18.0 Å². The summed E-state index contributed by atoms with van der Waals surface area (Å²) in [6.45, 7) is -0.169. The largest absolute Gasteiger partial charge is 0.418 e. The fourth-order valence-electron chi connectivity index (χ4n) is 1.60. The van der Waals surface area contributed by atoms with Crippen molar-refractivity contribution >= 4 is 27.5 Å². The Labute approximate surface area is 120 Å². The molecule has 1 aromatic carbocycles. The van der Waals surface area contributed by atoms with Crippen molar-refractivity contribution in [3.05, 3.63) is 46.7 Å². The topological polar surface area (TPSA) is 46.9 Å². The molecule has 0 radical (unpaired) electrons. The lowest BCUT2D eigenvalue weighted by Crippen LogP contribution is -2.21. The van der Waals surface area contributed by atoms with Gasteiger partial charge >= 0.3 is 6.18 Å². The Bertz CT molecular complexity index is 624. The van der Waals surface area contributed by atoms with E-state index in [-0.39, 0.29) is 12.2 Å². The molecule has 2 aromatic rings. The zero-order chi connectivity index (χ0) is 14.8. The first-order valence-electron chi connectivity index (χ1n) is 5.50. The van der Waals surface area contributed by atoms with Gasteiger partial charge in [-0.25, -0.2) is 0 Å². The Morgan fingerprint density at radius 2 is 2.05 bits per heavy atom. The van der Waals surface area contributed by atoms with E-state index in [0.717, 1.165) is 6.07 Å². The van der Waals surface area contributed by atoms with Crippen LogP contribution in [0, 0.1) is 0 Å². The molecule has 20 heavy (non-hydrogen) atoms. The van der Waals surface area contributed by atoms with Crippen LogP contribution in [-0.2, 0) is 17.5 Å². The van der Waals surface area contributed by atoms with Crippen LogP contribution in [0.5, 0.6) is 0 Å². The van der Waals surface area contributed by atoms with Crippen LogP contribution in [0.15, 0.2) is 41.1 Å². The molecular formula is C12H9BrF3N3O. The van der Waals surface area contributed by atoms with Gasteiger partial charge in [0.1, 0.15) is 6.54 Å². The van der Waals surface area contributed by atoms with Crippen LogP contribution in [0.25, 0.3) is 0 Å². The number of rotatable bonds is 3. The number of alkyl halides is 3. The van der Waals surface area contributed by atoms with Crippen molar-refractivity contribution in [2.75, 3.05) is 5.32 Å². The first-order chi connectivity index (χ1) is 9.36. The van der Waals surface area contributed by atoms with E-state index >= 15 is 0 Å². The average Bonchev–Trinajstić information content (AvgIpc) is 2.73. The molecule has 0 aliphatic heterocycles. The number of nitrogens with one attached hydrogen (secondary N) is 1. The third-order valence-corrected chi connectivity index (χ3v) is 2.82. The maximum absolute atomic E-state index is 12.8. The molecule has 0 atom stereocenters. The van der Waals surface area contributed by atoms with Crippen LogP contribution in [0.4, 0.5) is 18.9 Å². The first-order valence-corrected chi connectivity index (χ1v) is 6.29. The third-order valence-electron chi connectivity index (χ3n) is 2.41. The quantitative estimate of drug-likeness (QED) is 0.925. The van der Waals surface area contributed by atoms with E-state index in [0.29, 0.717) is 4.47 Å². The summed E-state index contributed by atoms with van der Waals surface area (Å²) in [6, 6.07) is 4.82. The molecule has 1 aromatic heterocycles. The van der Waals surface area contributed by atoms with E-state index in [2.05, 4.69) is 26.3 Å². The van der Waals surface area contributed by atoms with Gasteiger partial charge in [-0.1, -0.05) is 12.1 Å². The lowest BCUT2D eigenvalue weighted by Gasteiger charge is -2.13. The van der Waals surface area contributed by atoms with Crippen LogP contribution in [-0.4, -0.2) is 15.7 Å². The predicted molar refractivity (Wildman–Crippen MR) is 70.0 cm³/mol. The highest BCUT2D eigenvalue weighted by Gasteiger charge is 2.33. The number of carbonyl (C=O) groups is 1. The van der Waals surface area contributed by atoms with E-state index in [1.807, 2.05) is 0 Å². The lowest BCUT2D eigenvalue weighted by molar-refractivity contribution is -0.137. The van der Waals surface area contributed by atoms with Crippen molar-refractivity contribution in [3.8, 4) is 0 Å². The summed E-state index contributed by atoms with van der Waals surface area (Å²) in [6.07, 6.45) is -1.48. The number of benzene rings is 1. The number of aromatic nitrogens is 2. The Balaban J connectivity index is 2.12. The third kappa shape index (κ3) is 3.60. The molecule has 0 aliphatic rings. The van der Waals surface area contributed by atoms with Gasteiger partial charge in [-0.2, -0.15) is 18.3 Å². The van der Waals surface area contributed by atoms with Gasteiger partial charge in [0.15, 0.2) is 0 Å². The second-order valence-corrected chi connectivity index (χ2v) is 4.86. The molecule has 0 saturated carbocycles. The highest BCUT2D eigenvalue weighted by molar-refractivity contribution is 9.10. The van der Waals surface area contributed by atoms with Gasteiger partial charge in [-0.15, -0.1) is 0 Å². The fraction of sp³-hybridized carbons (Fsp3) is 0.167. The average molecular weight is 348 g/mol. The summed E-state index contributed by atoms with van der Waals surface area (Å²) in [5.41, 5.74) is -1.15. The normalized spacial score (nSPS) is 11.4. The van der Waals surface area contributed by atoms with Gasteiger partial charge in [0.2, 0.25) is 5.91 Å². The highest BCUT2D eigenvalue weighted by atomic mass is 79.9. The highest BCUT2D eigenvalue weighted by Crippen LogP contribution is 2.34. The molecule has 0 aliphatic carbocycles. The van der Waals surface area contributed by atoms with Crippen LogP contribution in [0.2, 0.25) is 0 Å². The van der Waals surface area contributed by atoms with Gasteiger partial charge in [0.05, 0.1) is 21.9 Å². The number of hydrogen-bond acceptors (Lipinski definition) is 2. The molecule has 0 bridgehead atoms. The number of carbonyl (C=O) groups excluding carboxylic acids is 1. The maximum atomic E-state index is 12.8. The Hall–Kier alpha value is -1.83. The van der Waals surface area contributed by atoms with Crippen LogP contribution in [0.1, 0.15) is 5.56 Å². The predicted octanol–water partition coefficient (Wildman–Crippen LogP) is 3.30. The zero-order valence-corrected chi connectivity index (χ0v) is 11.6. The van der Waals surface area contributed by atoms with Gasteiger partial charge in [0.25, 0.3) is 0 Å². The van der Waals surface area contributed by atoms with E-state index in [4.69, 9.17) is 0 Å². The zero-order valence-electron chi connectivity index (χ0n) is 9.99. The van der Waals surface area contributed by atoms with Crippen molar-refractivity contribution in [1.29, 1.82) is 0 Å². The maximum Gasteiger partial charge on any atom is 0.418 e. The van der Waals surface area contributed by atoms with Gasteiger partial charge in [-0.05, 0) is 28.1 Å². The molecule has 4 nitrogen and oxygen atoms in total. The Morgan fingerprint density at radius 1 is 1.35 bits per heavy atom. The van der Waals surface area contributed by atoms with Crippen molar-refractivity contribution in [3.63, 3.8) is 0 Å². The van der Waals surface area contributed by atoms with E-state index in [1.54, 1.807) is 6.20 Å². The number of nitrogens with zero attached hydrogens (tertiary/aromatic N) is 2. The second kappa shape index (κ2) is 5.66. The number of para-hydroxylation sites is 1. The van der Waals surface area contributed by atoms with Crippen molar-refractivity contribution in [1.82, 2.24) is 9.78 Å². The Kier molecular flexibility index (Phi) is 4.12. The summed E-state index contributed by atoms with van der Waals surface area (Å²) < 4.78 is 40.3. The molecule has 0 unspecified atom stereocenters. The van der Waals surface area contributed by atoms with E-state index in [9.17, 15) is 18.0 Å². The standard InChI is InChI=1S/C12H9BrF3N3O/c13-8-5-17-19(6-8)7-11(20)18-10-4-2-1-3-9(10)12(14,15)16/h1-6H,7H2,(H,18,20). The molecule has 1 heterocycles. The van der Waals surface area contributed by atoms with Crippen LogP contribution in [0.3, 0.4) is 0 Å². The van der Waals surface area contributed by atoms with Crippen molar-refractivity contribution in [2.45, 2.75) is 12.7 Å². The monoisotopic (exact) mass is 347 g/mol. The minimum Gasteiger partial charge on any atom is -0.324 e. The second-order valence-electron chi connectivity index (χ2n) is 3.95. The summed E-state index contributed by atoms with van der Waals surface area (Å²) in [4.78, 5) is 11.7. The van der Waals surface area contributed by atoms with Gasteiger partial charge in [0, 0.05) is 6.20 Å². The molecule has 106 valence electrons. The molecule has 2 rings (SSSR count). The first kappa shape index (κ1) is 14.6. The molecule has 0 spiro atoms. The number of anilines is 1. The molecule has 1 N–H and O–H groups in total. The fourth-order valence-corrected chi connectivity index (χ4v) is 1.93. The minimum atomic E-state index is -4.52. The summed E-state index contributed by atoms with van der Waals surface area (Å²) in [7, 11) is 0. The molecule has 0 fully saturated rings. The number of amides is 1. The number of hydrogen-bond donors (Lipinski definition) is 1. The smallest absolute Gasteiger partial charge is 0.324 e. The van der Waals surface area contributed by atoms with E-state index < -0.39 is 17.6 Å². The molecule has 0 saturated heterocycles. The van der Waals surface area contributed by atoms with Gasteiger partial charge < -0.3 is 5.32 Å². The SMILES string of the molecule is O=C(Cn1cc(Br)cn1)Nc1ccccc1C(F)(F)F. The number of halogens is 4. The van der Waals surface area contributed by atoms with Crippen molar-refractivity contribution in [2.24, 2.45) is 0 Å². The molecular weight excluding hydrogens is 339 g/mol. The summed E-state index contributed by atoms with van der Waals surface area (Å²) in [5, 5.41) is 6.10. The lowest BCUT2D eigenvalue weighted by atomic mass is 10.1. The summed E-state index contributed by atoms with van der Waals surface area (Å²) >= 11 is 3.16. The van der Waals surface area contributed by atoms with E-state index in [1.165, 1.54) is 29.1 Å². The molecule has 1 amide bonds. The van der Waals surface area contributed by atoms with Gasteiger partial charge in [-0.3, -0.25) is 9.48 Å². The van der Waals surface area contributed by atoms with Crippen LogP contribution < -0.4 is 5.32 Å². The Morgan fingerprint density at radius 3 is 2.65 bits per heavy atom.